The van der Waals surface area contributed by atoms with Gasteiger partial charge >= 0.3 is 5.97 Å². The molecule has 0 saturated heterocycles. The van der Waals surface area contributed by atoms with Gasteiger partial charge in [-0.15, -0.1) is 11.3 Å². The highest BCUT2D eigenvalue weighted by Crippen LogP contribution is 2.35. The Labute approximate surface area is 159 Å². The molecule has 0 aliphatic heterocycles. The molecule has 0 fully saturated rings. The smallest absolute Gasteiger partial charge is 0.340 e. The van der Waals surface area contributed by atoms with Gasteiger partial charge in [0.2, 0.25) is 0 Å². The van der Waals surface area contributed by atoms with Gasteiger partial charge in [-0.2, -0.15) is 5.10 Å². The van der Waals surface area contributed by atoms with E-state index in [1.165, 1.54) is 44.8 Å². The van der Waals surface area contributed by atoms with Gasteiger partial charge in [-0.25, -0.2) is 4.79 Å². The molecule has 0 spiro atoms. The fraction of sp³-hybridized carbons (Fsp3) is 0.278. The van der Waals surface area contributed by atoms with Gasteiger partial charge in [0.05, 0.1) is 43.2 Å². The van der Waals surface area contributed by atoms with Gasteiger partial charge in [-0.3, -0.25) is 9.48 Å². The highest BCUT2D eigenvalue weighted by atomic mass is 32.1. The predicted octanol–water partition coefficient (Wildman–Crippen LogP) is 3.00. The van der Waals surface area contributed by atoms with E-state index in [0.717, 1.165) is 15.9 Å². The first-order valence-electron chi connectivity index (χ1n) is 7.98. The summed E-state index contributed by atoms with van der Waals surface area (Å²) in [5, 5.41) is 8.02. The number of thiophene rings is 1. The monoisotopic (exact) mass is 389 g/mol. The molecule has 9 heteroatoms. The minimum Gasteiger partial charge on any atom is -0.493 e. The Hall–Kier alpha value is -3.07. The first kappa shape index (κ1) is 18.7. The van der Waals surface area contributed by atoms with E-state index in [0.29, 0.717) is 16.4 Å². The molecule has 2 heterocycles. The number of rotatable bonds is 5. The molecule has 142 valence electrons. The fourth-order valence-corrected chi connectivity index (χ4v) is 3.78. The largest absolute Gasteiger partial charge is 0.493 e. The van der Waals surface area contributed by atoms with Crippen molar-refractivity contribution >= 4 is 39.1 Å². The molecule has 3 rings (SSSR count). The van der Waals surface area contributed by atoms with Crippen LogP contribution in [0.3, 0.4) is 0 Å². The van der Waals surface area contributed by atoms with Gasteiger partial charge in [0.15, 0.2) is 11.5 Å². The summed E-state index contributed by atoms with van der Waals surface area (Å²) < 4.78 is 17.0. The number of methoxy groups -OCH3 is 3. The van der Waals surface area contributed by atoms with Crippen LogP contribution in [-0.2, 0) is 11.8 Å². The van der Waals surface area contributed by atoms with Crippen molar-refractivity contribution in [3.05, 3.63) is 34.3 Å². The van der Waals surface area contributed by atoms with E-state index in [1.807, 2.05) is 14.0 Å². The first-order chi connectivity index (χ1) is 12.9. The van der Waals surface area contributed by atoms with Gasteiger partial charge in [0.25, 0.3) is 5.91 Å². The quantitative estimate of drug-likeness (QED) is 0.675. The zero-order valence-corrected chi connectivity index (χ0v) is 16.4. The molecule has 0 aliphatic rings. The maximum atomic E-state index is 12.8. The molecule has 0 radical (unpaired) electrons. The van der Waals surface area contributed by atoms with Crippen LogP contribution in [-0.4, -0.2) is 43.0 Å². The van der Waals surface area contributed by atoms with E-state index >= 15 is 0 Å². The number of aryl methyl sites for hydroxylation is 2. The lowest BCUT2D eigenvalue weighted by Crippen LogP contribution is -2.15. The first-order valence-corrected chi connectivity index (χ1v) is 8.80. The minimum absolute atomic E-state index is 0.169. The van der Waals surface area contributed by atoms with Gasteiger partial charge in [0, 0.05) is 24.6 Å². The van der Waals surface area contributed by atoms with Crippen molar-refractivity contribution in [1.29, 1.82) is 0 Å². The number of carbonyl (C=O) groups is 2. The summed E-state index contributed by atoms with van der Waals surface area (Å²) in [7, 11) is 6.04. The molecule has 0 aliphatic carbocycles. The SMILES string of the molecule is COC(=O)c1cc(OC)c(OC)cc1NC(=O)c1cc2c(C)nn(C)c2s1. The number of amides is 1. The lowest BCUT2D eigenvalue weighted by Gasteiger charge is -2.14. The average molecular weight is 389 g/mol. The predicted molar refractivity (Wildman–Crippen MR) is 102 cm³/mol. The van der Waals surface area contributed by atoms with Crippen LogP contribution in [0, 0.1) is 6.92 Å². The normalized spacial score (nSPS) is 10.7. The number of nitrogens with one attached hydrogen (secondary N) is 1. The van der Waals surface area contributed by atoms with Crippen LogP contribution in [0.25, 0.3) is 10.2 Å². The maximum Gasteiger partial charge on any atom is 0.340 e. The summed E-state index contributed by atoms with van der Waals surface area (Å²) in [6, 6.07) is 4.79. The second-order valence-corrected chi connectivity index (χ2v) is 6.77. The van der Waals surface area contributed by atoms with Gasteiger partial charge in [-0.1, -0.05) is 0 Å². The molecule has 0 unspecified atom stereocenters. The summed E-state index contributed by atoms with van der Waals surface area (Å²) in [4.78, 5) is 26.3. The van der Waals surface area contributed by atoms with E-state index in [4.69, 9.17) is 14.2 Å². The third-order valence-corrected chi connectivity index (χ3v) is 5.30. The molecular formula is C18H19N3O5S. The Kier molecular flexibility index (Phi) is 5.04. The minimum atomic E-state index is -0.595. The molecule has 2 aromatic heterocycles. The molecule has 1 amide bonds. The third-order valence-electron chi connectivity index (χ3n) is 4.10. The van der Waals surface area contributed by atoms with Crippen molar-refractivity contribution in [1.82, 2.24) is 9.78 Å². The molecule has 0 bridgehead atoms. The number of ether oxygens (including phenoxy) is 3. The van der Waals surface area contributed by atoms with E-state index in [1.54, 1.807) is 10.7 Å². The highest BCUT2D eigenvalue weighted by molar-refractivity contribution is 7.20. The zero-order valence-electron chi connectivity index (χ0n) is 15.6. The van der Waals surface area contributed by atoms with E-state index < -0.39 is 5.97 Å². The lowest BCUT2D eigenvalue weighted by molar-refractivity contribution is 0.0601. The number of esters is 1. The third kappa shape index (κ3) is 3.33. The van der Waals surface area contributed by atoms with Crippen LogP contribution < -0.4 is 14.8 Å². The van der Waals surface area contributed by atoms with E-state index in [9.17, 15) is 9.59 Å². The standard InChI is InChI=1S/C18H19N3O5S/c1-9-10-7-15(27-17(10)21(2)20-9)16(22)19-12-8-14(25-4)13(24-3)6-11(12)18(23)26-5/h6-8H,1-5H3,(H,19,22). The van der Waals surface area contributed by atoms with Crippen LogP contribution in [0.4, 0.5) is 5.69 Å². The Morgan fingerprint density at radius 2 is 1.78 bits per heavy atom. The Balaban J connectivity index is 2.00. The van der Waals surface area contributed by atoms with Crippen molar-refractivity contribution in [3.63, 3.8) is 0 Å². The summed E-state index contributed by atoms with van der Waals surface area (Å²) in [5.41, 5.74) is 1.29. The summed E-state index contributed by atoms with van der Waals surface area (Å²) in [5.74, 6) is -0.188. The average Bonchev–Trinajstić information content (AvgIpc) is 3.22. The second-order valence-electron chi connectivity index (χ2n) is 5.74. The van der Waals surface area contributed by atoms with Crippen molar-refractivity contribution in [2.45, 2.75) is 6.92 Å². The van der Waals surface area contributed by atoms with Crippen molar-refractivity contribution in [2.75, 3.05) is 26.6 Å². The Morgan fingerprint density at radius 3 is 2.37 bits per heavy atom. The summed E-state index contributed by atoms with van der Waals surface area (Å²) in [6.45, 7) is 1.89. The molecule has 1 N–H and O–H groups in total. The number of carbonyl (C=O) groups excluding carboxylic acids is 2. The molecule has 1 aromatic carbocycles. The molecule has 0 atom stereocenters. The van der Waals surface area contributed by atoms with Crippen LogP contribution in [0.2, 0.25) is 0 Å². The van der Waals surface area contributed by atoms with Gasteiger partial charge in [-0.05, 0) is 13.0 Å². The van der Waals surface area contributed by atoms with Crippen LogP contribution in [0.15, 0.2) is 18.2 Å². The van der Waals surface area contributed by atoms with Gasteiger partial charge < -0.3 is 19.5 Å². The van der Waals surface area contributed by atoms with Crippen LogP contribution in [0.5, 0.6) is 11.5 Å². The number of aromatic nitrogens is 2. The number of nitrogens with zero attached hydrogens (tertiary/aromatic N) is 2. The Morgan fingerprint density at radius 1 is 1.11 bits per heavy atom. The lowest BCUT2D eigenvalue weighted by atomic mass is 10.1. The van der Waals surface area contributed by atoms with Crippen LogP contribution >= 0.6 is 11.3 Å². The Bertz CT molecular complexity index is 1000. The van der Waals surface area contributed by atoms with E-state index in [2.05, 4.69) is 10.4 Å². The fourth-order valence-electron chi connectivity index (χ4n) is 2.76. The number of benzene rings is 1. The maximum absolute atomic E-state index is 12.8. The molecule has 3 aromatic rings. The second kappa shape index (κ2) is 7.28. The molecule has 0 saturated carbocycles. The van der Waals surface area contributed by atoms with Crippen molar-refractivity contribution in [2.24, 2.45) is 7.05 Å². The number of hydrogen-bond donors (Lipinski definition) is 1. The van der Waals surface area contributed by atoms with Gasteiger partial charge in [0.1, 0.15) is 4.83 Å². The highest BCUT2D eigenvalue weighted by Gasteiger charge is 2.21. The van der Waals surface area contributed by atoms with Crippen molar-refractivity contribution < 1.29 is 23.8 Å². The topological polar surface area (TPSA) is 91.7 Å². The summed E-state index contributed by atoms with van der Waals surface area (Å²) >= 11 is 1.33. The van der Waals surface area contributed by atoms with Crippen molar-refractivity contribution in [3.8, 4) is 11.5 Å². The number of hydrogen-bond acceptors (Lipinski definition) is 7. The molecule has 8 nitrogen and oxygen atoms in total. The van der Waals surface area contributed by atoms with E-state index in [-0.39, 0.29) is 17.2 Å². The molecule has 27 heavy (non-hydrogen) atoms. The zero-order chi connectivity index (χ0) is 19.7. The summed E-state index contributed by atoms with van der Waals surface area (Å²) in [6.07, 6.45) is 0. The van der Waals surface area contributed by atoms with Crippen LogP contribution in [0.1, 0.15) is 25.7 Å². The molecular weight excluding hydrogens is 370 g/mol. The number of anilines is 1. The number of fused-ring (bicyclic) bond motifs is 1.